The van der Waals surface area contributed by atoms with Crippen LogP contribution in [-0.2, 0) is 13.0 Å². The van der Waals surface area contributed by atoms with E-state index in [1.807, 2.05) is 6.07 Å². The van der Waals surface area contributed by atoms with Crippen molar-refractivity contribution >= 4 is 45.9 Å². The summed E-state index contributed by atoms with van der Waals surface area (Å²) in [6, 6.07) is 6.97. The molecule has 2 N–H and O–H groups in total. The molecule has 0 unspecified atom stereocenters. The van der Waals surface area contributed by atoms with Gasteiger partial charge in [-0.2, -0.15) is 0 Å². The number of guanidine groups is 1. The molecule has 2 aromatic rings. The predicted octanol–water partition coefficient (Wildman–Crippen LogP) is 4.23. The Morgan fingerprint density at radius 1 is 1.32 bits per heavy atom. The first-order chi connectivity index (χ1) is 11.5. The number of aliphatic imine (C=N–C) groups is 1. The van der Waals surface area contributed by atoms with Crippen LogP contribution in [0.25, 0.3) is 0 Å². The molecule has 0 radical (unpaired) electrons. The number of nitrogens with one attached hydrogen (secondary N) is 2. The second kappa shape index (κ2) is 10.7. The molecule has 1 heterocycles. The fourth-order valence-electron chi connectivity index (χ4n) is 2.10. The normalized spacial score (nSPS) is 11.4. The fourth-order valence-corrected chi connectivity index (χ4v) is 2.52. The van der Waals surface area contributed by atoms with Gasteiger partial charge < -0.3 is 15.2 Å². The molecule has 1 aromatic carbocycles. The van der Waals surface area contributed by atoms with Crippen LogP contribution in [-0.4, -0.2) is 24.7 Å². The Bertz CT molecular complexity index is 706. The Labute approximate surface area is 173 Å². The summed E-state index contributed by atoms with van der Waals surface area (Å²) in [6.45, 7) is 5.35. The van der Waals surface area contributed by atoms with Gasteiger partial charge in [-0.15, -0.1) is 24.0 Å². The lowest BCUT2D eigenvalue weighted by molar-refractivity contribution is 0.372. The van der Waals surface area contributed by atoms with Crippen LogP contribution in [0.15, 0.2) is 38.3 Å². The maximum absolute atomic E-state index is 13.2. The number of halogens is 3. The largest absolute Gasteiger partial charge is 0.359 e. The van der Waals surface area contributed by atoms with E-state index in [1.54, 1.807) is 19.2 Å². The molecule has 2 rings (SSSR count). The Balaban J connectivity index is 0.00000312. The van der Waals surface area contributed by atoms with Gasteiger partial charge in [0, 0.05) is 19.7 Å². The third-order valence-electron chi connectivity index (χ3n) is 3.51. The lowest BCUT2D eigenvalue weighted by atomic mass is 10.1. The summed E-state index contributed by atoms with van der Waals surface area (Å²) in [5.74, 6) is 1.54. The summed E-state index contributed by atoms with van der Waals surface area (Å²) in [6.07, 6.45) is 0.763. The lowest BCUT2D eigenvalue weighted by Gasteiger charge is -2.11. The van der Waals surface area contributed by atoms with Crippen molar-refractivity contribution < 1.29 is 8.91 Å². The van der Waals surface area contributed by atoms with Crippen molar-refractivity contribution in [3.05, 3.63) is 51.6 Å². The maximum atomic E-state index is 13.2. The Morgan fingerprint density at radius 2 is 2.08 bits per heavy atom. The highest BCUT2D eigenvalue weighted by molar-refractivity contribution is 14.0. The van der Waals surface area contributed by atoms with Crippen LogP contribution in [0.2, 0.25) is 0 Å². The Morgan fingerprint density at radius 3 is 2.68 bits per heavy atom. The number of benzene rings is 1. The SMILES string of the molecule is CN=C(NCCc1ccc(F)c(Br)c1)NCc1cc(C(C)C)no1.I. The third-order valence-corrected chi connectivity index (χ3v) is 4.12. The molecule has 0 amide bonds. The molecule has 0 bridgehead atoms. The van der Waals surface area contributed by atoms with E-state index in [-0.39, 0.29) is 29.8 Å². The second-order valence-corrected chi connectivity index (χ2v) is 6.58. The zero-order chi connectivity index (χ0) is 17.5. The van der Waals surface area contributed by atoms with Crippen LogP contribution in [0, 0.1) is 5.82 Å². The molecule has 0 saturated heterocycles. The van der Waals surface area contributed by atoms with Gasteiger partial charge in [-0.05, 0) is 46.0 Å². The molecule has 0 aliphatic rings. The minimum Gasteiger partial charge on any atom is -0.359 e. The zero-order valence-corrected chi connectivity index (χ0v) is 18.4. The molecule has 25 heavy (non-hydrogen) atoms. The standard InChI is InChI=1S/C17H22BrFN4O.HI/c1-11(2)16-9-13(24-23-16)10-22-17(20-3)21-7-6-12-4-5-15(19)14(18)8-12;/h4-5,8-9,11H,6-7,10H2,1-3H3,(H2,20,21,22);1H. The summed E-state index contributed by atoms with van der Waals surface area (Å²) in [7, 11) is 1.71. The minimum absolute atomic E-state index is 0. The number of hydrogen-bond acceptors (Lipinski definition) is 3. The van der Waals surface area contributed by atoms with E-state index in [1.165, 1.54) is 6.07 Å². The van der Waals surface area contributed by atoms with Gasteiger partial charge >= 0.3 is 0 Å². The second-order valence-electron chi connectivity index (χ2n) is 5.72. The molecule has 1 aromatic heterocycles. The van der Waals surface area contributed by atoms with Crippen LogP contribution in [0.3, 0.4) is 0 Å². The number of hydrogen-bond donors (Lipinski definition) is 2. The molecule has 0 aliphatic carbocycles. The predicted molar refractivity (Wildman–Crippen MR) is 112 cm³/mol. The van der Waals surface area contributed by atoms with E-state index < -0.39 is 0 Å². The molecule has 0 saturated carbocycles. The Hall–Kier alpha value is -1.16. The van der Waals surface area contributed by atoms with Crippen LogP contribution >= 0.6 is 39.9 Å². The molecule has 0 aliphatic heterocycles. The topological polar surface area (TPSA) is 62.5 Å². The van der Waals surface area contributed by atoms with E-state index in [0.29, 0.717) is 29.4 Å². The summed E-state index contributed by atoms with van der Waals surface area (Å²) >= 11 is 3.20. The molecule has 8 heteroatoms. The quantitative estimate of drug-likeness (QED) is 0.337. The van der Waals surface area contributed by atoms with Crippen molar-refractivity contribution in [2.45, 2.75) is 32.7 Å². The van der Waals surface area contributed by atoms with Crippen LogP contribution in [0.4, 0.5) is 4.39 Å². The van der Waals surface area contributed by atoms with Gasteiger partial charge in [-0.25, -0.2) is 4.39 Å². The van der Waals surface area contributed by atoms with Crippen molar-refractivity contribution in [3.8, 4) is 0 Å². The van der Waals surface area contributed by atoms with Gasteiger partial charge in [0.05, 0.1) is 16.7 Å². The molecular weight excluding hydrogens is 502 g/mol. The highest BCUT2D eigenvalue weighted by Crippen LogP contribution is 2.17. The monoisotopic (exact) mass is 524 g/mol. The maximum Gasteiger partial charge on any atom is 0.191 e. The molecular formula is C17H23BrFIN4O. The van der Waals surface area contributed by atoms with E-state index >= 15 is 0 Å². The first-order valence-corrected chi connectivity index (χ1v) is 8.63. The molecule has 0 spiro atoms. The molecule has 0 atom stereocenters. The van der Waals surface area contributed by atoms with Crippen LogP contribution in [0.1, 0.15) is 36.8 Å². The number of aromatic nitrogens is 1. The highest BCUT2D eigenvalue weighted by Gasteiger charge is 2.08. The van der Waals surface area contributed by atoms with Crippen molar-refractivity contribution in [2.24, 2.45) is 4.99 Å². The summed E-state index contributed by atoms with van der Waals surface area (Å²) in [5.41, 5.74) is 1.99. The van der Waals surface area contributed by atoms with E-state index in [2.05, 4.69) is 50.6 Å². The van der Waals surface area contributed by atoms with Crippen LogP contribution in [0.5, 0.6) is 0 Å². The average Bonchev–Trinajstić information content (AvgIpc) is 3.03. The Kier molecular flexibility index (Phi) is 9.41. The first kappa shape index (κ1) is 21.9. The highest BCUT2D eigenvalue weighted by atomic mass is 127. The third kappa shape index (κ3) is 6.93. The zero-order valence-electron chi connectivity index (χ0n) is 14.5. The average molecular weight is 525 g/mol. The molecule has 5 nitrogen and oxygen atoms in total. The molecule has 138 valence electrons. The van der Waals surface area contributed by atoms with Gasteiger partial charge in [0.15, 0.2) is 11.7 Å². The van der Waals surface area contributed by atoms with Crippen LogP contribution < -0.4 is 10.6 Å². The van der Waals surface area contributed by atoms with Crippen molar-refractivity contribution in [1.29, 1.82) is 0 Å². The van der Waals surface area contributed by atoms with E-state index in [4.69, 9.17) is 4.52 Å². The van der Waals surface area contributed by atoms with E-state index in [0.717, 1.165) is 23.4 Å². The van der Waals surface area contributed by atoms with Gasteiger partial charge in [-0.1, -0.05) is 25.1 Å². The first-order valence-electron chi connectivity index (χ1n) is 7.83. The summed E-state index contributed by atoms with van der Waals surface area (Å²) in [5, 5.41) is 10.4. The summed E-state index contributed by atoms with van der Waals surface area (Å²) < 4.78 is 19.0. The van der Waals surface area contributed by atoms with Gasteiger partial charge in [0.1, 0.15) is 5.82 Å². The van der Waals surface area contributed by atoms with E-state index in [9.17, 15) is 4.39 Å². The number of rotatable bonds is 6. The van der Waals surface area contributed by atoms with Crippen molar-refractivity contribution in [1.82, 2.24) is 15.8 Å². The fraction of sp³-hybridized carbons (Fsp3) is 0.412. The van der Waals surface area contributed by atoms with Crippen molar-refractivity contribution in [2.75, 3.05) is 13.6 Å². The summed E-state index contributed by atoms with van der Waals surface area (Å²) in [4.78, 5) is 4.17. The van der Waals surface area contributed by atoms with Gasteiger partial charge in [0.2, 0.25) is 0 Å². The molecule has 0 fully saturated rings. The minimum atomic E-state index is -0.253. The van der Waals surface area contributed by atoms with Gasteiger partial charge in [-0.3, -0.25) is 4.99 Å². The lowest BCUT2D eigenvalue weighted by Crippen LogP contribution is -2.37. The number of nitrogens with zero attached hydrogens (tertiary/aromatic N) is 2. The van der Waals surface area contributed by atoms with Crippen molar-refractivity contribution in [3.63, 3.8) is 0 Å². The van der Waals surface area contributed by atoms with Gasteiger partial charge in [0.25, 0.3) is 0 Å². The smallest absolute Gasteiger partial charge is 0.191 e.